The fraction of sp³-hybridized carbons (Fsp3) is 0.318. The number of carbonyl (C=O) groups excluding carboxylic acids is 2. The predicted molar refractivity (Wildman–Crippen MR) is 104 cm³/mol. The summed E-state index contributed by atoms with van der Waals surface area (Å²) in [6.45, 7) is 3.34. The molecule has 0 spiro atoms. The Balaban J connectivity index is 1.53. The first-order chi connectivity index (χ1) is 13.1. The Hall–Kier alpha value is -2.97. The van der Waals surface area contributed by atoms with E-state index in [1.54, 1.807) is 24.3 Å². The van der Waals surface area contributed by atoms with Crippen molar-refractivity contribution >= 4 is 17.4 Å². The van der Waals surface area contributed by atoms with Crippen LogP contribution in [0.3, 0.4) is 0 Å². The normalized spacial score (nSPS) is 16.3. The molecule has 1 amide bonds. The van der Waals surface area contributed by atoms with Crippen molar-refractivity contribution in [2.45, 2.75) is 25.8 Å². The number of piperidine rings is 1. The van der Waals surface area contributed by atoms with Crippen molar-refractivity contribution in [3.05, 3.63) is 65.7 Å². The molecule has 3 rings (SSSR count). The fourth-order valence-electron chi connectivity index (χ4n) is 3.43. The zero-order valence-corrected chi connectivity index (χ0v) is 15.4. The summed E-state index contributed by atoms with van der Waals surface area (Å²) in [7, 11) is 0. The molecule has 1 heterocycles. The minimum atomic E-state index is -0.270. The quantitative estimate of drug-likeness (QED) is 0.828. The molecule has 5 nitrogen and oxygen atoms in total. The highest BCUT2D eigenvalue weighted by Gasteiger charge is 2.30. The summed E-state index contributed by atoms with van der Waals surface area (Å²) in [6.07, 6.45) is 1.53. The summed E-state index contributed by atoms with van der Waals surface area (Å²) in [5.74, 6) is 0.148. The van der Waals surface area contributed by atoms with E-state index >= 15 is 0 Å². The van der Waals surface area contributed by atoms with E-state index in [1.807, 2.05) is 37.3 Å². The lowest BCUT2D eigenvalue weighted by atomic mass is 9.88. The number of nitrogens with zero attached hydrogens (tertiary/aromatic N) is 2. The van der Waals surface area contributed by atoms with Crippen molar-refractivity contribution in [1.82, 2.24) is 4.90 Å². The van der Waals surface area contributed by atoms with Crippen LogP contribution in [0.1, 0.15) is 35.7 Å². The lowest BCUT2D eigenvalue weighted by molar-refractivity contribution is -0.121. The molecule has 1 aliphatic heterocycles. The smallest absolute Gasteiger partial charge is 0.241 e. The minimum Gasteiger partial charge on any atom is -0.325 e. The van der Waals surface area contributed by atoms with E-state index in [4.69, 9.17) is 5.26 Å². The number of amides is 1. The van der Waals surface area contributed by atoms with Crippen LogP contribution in [-0.4, -0.2) is 35.7 Å². The van der Waals surface area contributed by atoms with Crippen LogP contribution in [0.25, 0.3) is 0 Å². The number of likely N-dealkylation sites (tertiary alicyclic amines) is 1. The topological polar surface area (TPSA) is 73.2 Å². The summed E-state index contributed by atoms with van der Waals surface area (Å²) >= 11 is 0. The molecule has 5 heteroatoms. The van der Waals surface area contributed by atoms with Crippen LogP contribution in [0, 0.1) is 17.2 Å². The van der Waals surface area contributed by atoms with Crippen LogP contribution in [-0.2, 0) is 4.79 Å². The fourth-order valence-corrected chi connectivity index (χ4v) is 3.43. The molecule has 0 bridgehead atoms. The number of Topliss-reactive ketones (excluding diaryl/α,β-unsaturated/α-hetero) is 1. The number of ketones is 1. The van der Waals surface area contributed by atoms with Gasteiger partial charge in [-0.3, -0.25) is 14.5 Å². The molecule has 1 aliphatic rings. The second-order valence-corrected chi connectivity index (χ2v) is 6.89. The predicted octanol–water partition coefficient (Wildman–Crippen LogP) is 3.48. The van der Waals surface area contributed by atoms with Gasteiger partial charge in [-0.1, -0.05) is 30.3 Å². The molecule has 2 aromatic carbocycles. The van der Waals surface area contributed by atoms with Gasteiger partial charge in [-0.15, -0.1) is 0 Å². The second-order valence-electron chi connectivity index (χ2n) is 6.89. The Bertz CT molecular complexity index is 832. The Morgan fingerprint density at radius 3 is 2.30 bits per heavy atom. The highest BCUT2D eigenvalue weighted by Crippen LogP contribution is 2.23. The van der Waals surface area contributed by atoms with Gasteiger partial charge in [0.1, 0.15) is 0 Å². The van der Waals surface area contributed by atoms with Crippen molar-refractivity contribution in [3.8, 4) is 6.07 Å². The number of hydrogen-bond donors (Lipinski definition) is 1. The van der Waals surface area contributed by atoms with E-state index in [0.717, 1.165) is 31.5 Å². The van der Waals surface area contributed by atoms with Gasteiger partial charge in [0.25, 0.3) is 0 Å². The Kier molecular flexibility index (Phi) is 6.00. The molecule has 0 saturated carbocycles. The molecule has 0 unspecified atom stereocenters. The van der Waals surface area contributed by atoms with Crippen LogP contribution < -0.4 is 5.32 Å². The first kappa shape index (κ1) is 18.8. The van der Waals surface area contributed by atoms with Gasteiger partial charge in [-0.25, -0.2) is 0 Å². The maximum Gasteiger partial charge on any atom is 0.241 e. The van der Waals surface area contributed by atoms with Gasteiger partial charge in [0.2, 0.25) is 5.91 Å². The lowest BCUT2D eigenvalue weighted by Crippen LogP contribution is -2.47. The summed E-state index contributed by atoms with van der Waals surface area (Å²) in [5, 5.41) is 11.7. The van der Waals surface area contributed by atoms with Crippen LogP contribution in [0.2, 0.25) is 0 Å². The number of hydrogen-bond acceptors (Lipinski definition) is 4. The van der Waals surface area contributed by atoms with Gasteiger partial charge in [0.05, 0.1) is 17.7 Å². The van der Waals surface area contributed by atoms with E-state index < -0.39 is 0 Å². The van der Waals surface area contributed by atoms with E-state index in [0.29, 0.717) is 11.3 Å². The number of anilines is 1. The zero-order valence-electron chi connectivity index (χ0n) is 15.4. The van der Waals surface area contributed by atoms with Gasteiger partial charge in [-0.2, -0.15) is 5.26 Å². The minimum absolute atomic E-state index is 0.0254. The largest absolute Gasteiger partial charge is 0.325 e. The lowest BCUT2D eigenvalue weighted by Gasteiger charge is -2.34. The summed E-state index contributed by atoms with van der Waals surface area (Å²) in [5.41, 5.74) is 2.01. The van der Waals surface area contributed by atoms with E-state index in [2.05, 4.69) is 16.3 Å². The van der Waals surface area contributed by atoms with Crippen molar-refractivity contribution < 1.29 is 9.59 Å². The molecule has 1 saturated heterocycles. The number of nitriles is 1. The van der Waals surface area contributed by atoms with Gasteiger partial charge >= 0.3 is 0 Å². The molecule has 0 radical (unpaired) electrons. The number of rotatable bonds is 5. The third-order valence-electron chi connectivity index (χ3n) is 5.17. The second kappa shape index (κ2) is 8.61. The molecular formula is C22H23N3O2. The number of benzene rings is 2. The molecule has 138 valence electrons. The van der Waals surface area contributed by atoms with Crippen LogP contribution in [0.5, 0.6) is 0 Å². The van der Waals surface area contributed by atoms with E-state index in [9.17, 15) is 9.59 Å². The maximum atomic E-state index is 12.6. The molecule has 1 fully saturated rings. The number of carbonyl (C=O) groups is 2. The maximum absolute atomic E-state index is 12.6. The Morgan fingerprint density at radius 1 is 1.07 bits per heavy atom. The molecule has 1 N–H and O–H groups in total. The monoisotopic (exact) mass is 361 g/mol. The van der Waals surface area contributed by atoms with Crippen molar-refractivity contribution in [2.75, 3.05) is 18.4 Å². The van der Waals surface area contributed by atoms with E-state index in [1.165, 1.54) is 0 Å². The molecular weight excluding hydrogens is 338 g/mol. The average molecular weight is 361 g/mol. The van der Waals surface area contributed by atoms with Crippen LogP contribution in [0.4, 0.5) is 5.69 Å². The molecule has 0 aliphatic carbocycles. The zero-order chi connectivity index (χ0) is 19.2. The van der Waals surface area contributed by atoms with E-state index in [-0.39, 0.29) is 23.7 Å². The molecule has 27 heavy (non-hydrogen) atoms. The molecule has 2 aromatic rings. The highest BCUT2D eigenvalue weighted by atomic mass is 16.2. The van der Waals surface area contributed by atoms with Crippen molar-refractivity contribution in [1.29, 1.82) is 5.26 Å². The third-order valence-corrected chi connectivity index (χ3v) is 5.17. The SMILES string of the molecule is C[C@H](C(=O)Nc1ccc(C#N)cc1)N1CCC(C(=O)c2ccccc2)CC1. The molecule has 0 aromatic heterocycles. The first-order valence-corrected chi connectivity index (χ1v) is 9.23. The number of nitrogens with one attached hydrogen (secondary N) is 1. The molecule has 1 atom stereocenters. The first-order valence-electron chi connectivity index (χ1n) is 9.23. The average Bonchev–Trinajstić information content (AvgIpc) is 2.74. The summed E-state index contributed by atoms with van der Waals surface area (Å²) in [4.78, 5) is 27.2. The Labute approximate surface area is 159 Å². The third kappa shape index (κ3) is 4.60. The van der Waals surface area contributed by atoms with Crippen molar-refractivity contribution in [3.63, 3.8) is 0 Å². The van der Waals surface area contributed by atoms with Gasteiger partial charge in [0, 0.05) is 17.2 Å². The van der Waals surface area contributed by atoms with Crippen LogP contribution in [0.15, 0.2) is 54.6 Å². The standard InChI is InChI=1S/C22H23N3O2/c1-16(22(27)24-20-9-7-17(15-23)8-10-20)25-13-11-19(12-14-25)21(26)18-5-3-2-4-6-18/h2-10,16,19H,11-14H2,1H3,(H,24,27)/t16-/m1/s1. The van der Waals surface area contributed by atoms with Crippen LogP contribution >= 0.6 is 0 Å². The van der Waals surface area contributed by atoms with Gasteiger partial charge < -0.3 is 5.32 Å². The summed E-state index contributed by atoms with van der Waals surface area (Å²) in [6, 6.07) is 18.0. The van der Waals surface area contributed by atoms with Gasteiger partial charge in [0.15, 0.2) is 5.78 Å². The Morgan fingerprint density at radius 2 is 1.70 bits per heavy atom. The van der Waals surface area contributed by atoms with Gasteiger partial charge in [-0.05, 0) is 57.1 Å². The summed E-state index contributed by atoms with van der Waals surface area (Å²) < 4.78 is 0. The highest BCUT2D eigenvalue weighted by molar-refractivity contribution is 5.98. The van der Waals surface area contributed by atoms with Crippen molar-refractivity contribution in [2.24, 2.45) is 5.92 Å².